The molecular formula is C19H29N5O4S3. The number of nitrogens with one attached hydrogen (secondary N) is 3. The molecule has 172 valence electrons. The summed E-state index contributed by atoms with van der Waals surface area (Å²) in [5.41, 5.74) is 1.17. The maximum atomic E-state index is 12.8. The van der Waals surface area contributed by atoms with E-state index in [0.29, 0.717) is 25.3 Å². The van der Waals surface area contributed by atoms with Gasteiger partial charge in [-0.1, -0.05) is 20.8 Å². The second-order valence-corrected chi connectivity index (χ2v) is 10.2. The molecule has 0 spiro atoms. The van der Waals surface area contributed by atoms with Crippen LogP contribution in [0, 0.1) is 12.3 Å². The smallest absolute Gasteiger partial charge is 0.256 e. The molecule has 0 saturated carbocycles. The summed E-state index contributed by atoms with van der Waals surface area (Å²) in [4.78, 5) is 0. The number of hydrogen-bond acceptors (Lipinski definition) is 8. The molecule has 0 fully saturated rings. The number of amidine groups is 2. The molecule has 2 rings (SSSR count). The van der Waals surface area contributed by atoms with Crippen molar-refractivity contribution in [3.63, 3.8) is 0 Å². The van der Waals surface area contributed by atoms with E-state index in [-0.39, 0.29) is 33.4 Å². The Morgan fingerprint density at radius 1 is 1.39 bits per heavy atom. The van der Waals surface area contributed by atoms with E-state index in [1.54, 1.807) is 26.4 Å². The van der Waals surface area contributed by atoms with Crippen LogP contribution >= 0.6 is 23.3 Å². The first kappa shape index (κ1) is 25.2. The molecule has 0 aliphatic carbocycles. The number of sulfonamides is 1. The zero-order chi connectivity index (χ0) is 23.2. The highest BCUT2D eigenvalue weighted by atomic mass is 32.2. The van der Waals surface area contributed by atoms with E-state index in [9.17, 15) is 13.5 Å². The summed E-state index contributed by atoms with van der Waals surface area (Å²) in [5.74, 6) is 0.481. The van der Waals surface area contributed by atoms with Crippen molar-refractivity contribution in [2.75, 3.05) is 24.7 Å². The fourth-order valence-electron chi connectivity index (χ4n) is 2.89. The van der Waals surface area contributed by atoms with Crippen molar-refractivity contribution in [1.29, 1.82) is 5.41 Å². The standard InChI is InChI=1S/C19H29N5O4S3/c1-6-13(15-9-12(4)10-28-15)21-17(20)18(23-29-5)22-14-11-30-19(16(14)25)31(26,27)24(7-2)8-3/h9-11,13,25H,6-8H2,1-5H3,(H2,20,21)(H,22,23)/t13-/m1/s1. The molecule has 0 aromatic carbocycles. The van der Waals surface area contributed by atoms with E-state index >= 15 is 0 Å². The van der Waals surface area contributed by atoms with Gasteiger partial charge in [0.25, 0.3) is 10.0 Å². The molecule has 0 unspecified atom stereocenters. The number of aryl methyl sites for hydroxylation is 1. The molecule has 0 amide bonds. The number of rotatable bonds is 9. The fourth-order valence-corrected chi connectivity index (χ4v) is 6.04. The fraction of sp³-hybridized carbons (Fsp3) is 0.474. The van der Waals surface area contributed by atoms with Gasteiger partial charge in [0.2, 0.25) is 0 Å². The predicted molar refractivity (Wildman–Crippen MR) is 128 cm³/mol. The lowest BCUT2D eigenvalue weighted by Gasteiger charge is -2.19. The van der Waals surface area contributed by atoms with Crippen LogP contribution in [-0.2, 0) is 10.0 Å². The summed E-state index contributed by atoms with van der Waals surface area (Å²) in [6.45, 7) is 7.99. The maximum absolute atomic E-state index is 12.8. The number of anilines is 1. The Morgan fingerprint density at radius 2 is 2.06 bits per heavy atom. The molecule has 1 atom stereocenters. The highest BCUT2D eigenvalue weighted by molar-refractivity contribution is 7.97. The minimum atomic E-state index is -3.80. The highest BCUT2D eigenvalue weighted by Gasteiger charge is 2.29. The van der Waals surface area contributed by atoms with Crippen molar-refractivity contribution in [1.82, 2.24) is 9.62 Å². The van der Waals surface area contributed by atoms with Gasteiger partial charge in [0.1, 0.15) is 5.76 Å². The molecule has 12 heteroatoms. The molecule has 0 aliphatic rings. The van der Waals surface area contributed by atoms with Crippen LogP contribution in [0.2, 0.25) is 0 Å². The van der Waals surface area contributed by atoms with Gasteiger partial charge >= 0.3 is 0 Å². The zero-order valence-corrected chi connectivity index (χ0v) is 20.7. The van der Waals surface area contributed by atoms with Crippen LogP contribution in [0.4, 0.5) is 5.69 Å². The summed E-state index contributed by atoms with van der Waals surface area (Å²) >= 11 is 2.06. The Bertz CT molecular complexity index is 1030. The third kappa shape index (κ3) is 5.82. The molecule has 2 heterocycles. The van der Waals surface area contributed by atoms with Crippen LogP contribution in [0.1, 0.15) is 44.6 Å². The van der Waals surface area contributed by atoms with Gasteiger partial charge in [-0.2, -0.15) is 8.70 Å². The van der Waals surface area contributed by atoms with Crippen molar-refractivity contribution < 1.29 is 17.9 Å². The first-order valence-corrected chi connectivity index (χ1v) is 13.3. The third-order valence-electron chi connectivity index (χ3n) is 4.51. The monoisotopic (exact) mass is 487 g/mol. The van der Waals surface area contributed by atoms with Gasteiger partial charge in [0.05, 0.1) is 18.0 Å². The predicted octanol–water partition coefficient (Wildman–Crippen LogP) is 4.19. The number of aromatic hydroxyl groups is 1. The highest BCUT2D eigenvalue weighted by Crippen LogP contribution is 2.39. The van der Waals surface area contributed by atoms with Gasteiger partial charge in [-0.15, -0.1) is 11.3 Å². The SMILES string of the molecule is CC[C@@H](NC(=N)/C(=N\SC)Nc1csc(S(=O)(=O)N(CC)CC)c1O)c1cc(C)co1. The van der Waals surface area contributed by atoms with Crippen molar-refractivity contribution in [3.8, 4) is 5.75 Å². The zero-order valence-electron chi connectivity index (χ0n) is 18.2. The maximum Gasteiger partial charge on any atom is 0.256 e. The molecule has 31 heavy (non-hydrogen) atoms. The average molecular weight is 488 g/mol. The van der Waals surface area contributed by atoms with Crippen molar-refractivity contribution in [2.24, 2.45) is 4.40 Å². The van der Waals surface area contributed by atoms with Crippen molar-refractivity contribution in [3.05, 3.63) is 29.0 Å². The van der Waals surface area contributed by atoms with Crippen LogP contribution in [-0.4, -0.2) is 48.8 Å². The second-order valence-electron chi connectivity index (χ2n) is 6.63. The molecule has 0 aliphatic heterocycles. The Morgan fingerprint density at radius 3 is 2.58 bits per heavy atom. The van der Waals surface area contributed by atoms with E-state index in [4.69, 9.17) is 9.83 Å². The van der Waals surface area contributed by atoms with Crippen LogP contribution in [0.5, 0.6) is 5.75 Å². The molecular weight excluding hydrogens is 458 g/mol. The second kappa shape index (κ2) is 11.0. The molecule has 9 nitrogen and oxygen atoms in total. The Balaban J connectivity index is 2.25. The molecule has 4 N–H and O–H groups in total. The number of nitrogens with zero attached hydrogens (tertiary/aromatic N) is 2. The Hall–Kier alpha value is -2.02. The van der Waals surface area contributed by atoms with Crippen molar-refractivity contribution >= 4 is 50.7 Å². The van der Waals surface area contributed by atoms with Gasteiger partial charge in [-0.3, -0.25) is 5.41 Å². The quantitative estimate of drug-likeness (QED) is 0.237. The molecule has 2 aromatic heterocycles. The largest absolute Gasteiger partial charge is 0.504 e. The summed E-state index contributed by atoms with van der Waals surface area (Å²) in [6.07, 6.45) is 4.07. The van der Waals surface area contributed by atoms with Gasteiger partial charge in [0.15, 0.2) is 21.6 Å². The lowest BCUT2D eigenvalue weighted by Crippen LogP contribution is -2.37. The minimum Gasteiger partial charge on any atom is -0.504 e. The van der Waals surface area contributed by atoms with E-state index in [1.165, 1.54) is 9.69 Å². The number of hydrogen-bond donors (Lipinski definition) is 4. The molecule has 0 radical (unpaired) electrons. The third-order valence-corrected chi connectivity index (χ3v) is 8.41. The van der Waals surface area contributed by atoms with Gasteiger partial charge in [0, 0.05) is 24.7 Å². The first-order chi connectivity index (χ1) is 14.7. The first-order valence-electron chi connectivity index (χ1n) is 9.78. The molecule has 2 aromatic rings. The lowest BCUT2D eigenvalue weighted by atomic mass is 10.1. The van der Waals surface area contributed by atoms with Gasteiger partial charge in [-0.25, -0.2) is 8.42 Å². The molecule has 0 saturated heterocycles. The van der Waals surface area contributed by atoms with Crippen LogP contribution < -0.4 is 10.6 Å². The Labute approximate surface area is 191 Å². The summed E-state index contributed by atoms with van der Waals surface area (Å²) in [6, 6.07) is 1.67. The van der Waals surface area contributed by atoms with Crippen LogP contribution in [0.15, 0.2) is 30.7 Å². The summed E-state index contributed by atoms with van der Waals surface area (Å²) in [5, 5.41) is 26.5. The van der Waals surface area contributed by atoms with Gasteiger partial charge < -0.3 is 20.2 Å². The summed E-state index contributed by atoms with van der Waals surface area (Å²) in [7, 11) is -3.80. The Kier molecular flexibility index (Phi) is 8.98. The van der Waals surface area contributed by atoms with E-state index in [0.717, 1.165) is 28.8 Å². The topological polar surface area (TPSA) is 131 Å². The number of thiophene rings is 1. The number of furan rings is 1. The van der Waals surface area contributed by atoms with Crippen molar-refractivity contribution in [2.45, 2.75) is 44.4 Å². The van der Waals surface area contributed by atoms with Crippen LogP contribution in [0.3, 0.4) is 0 Å². The molecule has 0 bridgehead atoms. The van der Waals surface area contributed by atoms with E-state index in [1.807, 2.05) is 19.9 Å². The summed E-state index contributed by atoms with van der Waals surface area (Å²) < 4.78 is 36.4. The van der Waals surface area contributed by atoms with E-state index in [2.05, 4.69) is 15.0 Å². The normalized spacial score (nSPS) is 13.4. The average Bonchev–Trinajstić information content (AvgIpc) is 3.32. The lowest BCUT2D eigenvalue weighted by molar-refractivity contribution is 0.434. The van der Waals surface area contributed by atoms with E-state index < -0.39 is 10.0 Å². The van der Waals surface area contributed by atoms with Crippen LogP contribution in [0.25, 0.3) is 0 Å². The van der Waals surface area contributed by atoms with Gasteiger partial charge in [-0.05, 0) is 36.9 Å². The minimum absolute atomic E-state index is 0.00555.